The molecule has 6 nitrogen and oxygen atoms in total. The van der Waals surface area contributed by atoms with Crippen molar-refractivity contribution in [1.29, 1.82) is 0 Å². The number of likely N-dealkylation sites (tertiary alicyclic amines) is 1. The molecule has 1 aromatic heterocycles. The minimum absolute atomic E-state index is 0.0276. The molecular formula is C24H28N2O4. The average Bonchev–Trinajstić information content (AvgIpc) is 3.43. The van der Waals surface area contributed by atoms with Crippen molar-refractivity contribution in [3.8, 4) is 0 Å². The second-order valence-corrected chi connectivity index (χ2v) is 8.74. The molecule has 2 amide bonds. The lowest BCUT2D eigenvalue weighted by molar-refractivity contribution is -0.135. The number of carbonyl (C=O) groups is 2. The summed E-state index contributed by atoms with van der Waals surface area (Å²) in [6.45, 7) is 4.10. The summed E-state index contributed by atoms with van der Waals surface area (Å²) in [7, 11) is 0. The van der Waals surface area contributed by atoms with E-state index in [4.69, 9.17) is 9.15 Å². The van der Waals surface area contributed by atoms with Gasteiger partial charge in [-0.15, -0.1) is 0 Å². The summed E-state index contributed by atoms with van der Waals surface area (Å²) >= 11 is 0. The van der Waals surface area contributed by atoms with Crippen LogP contribution < -0.4 is 0 Å². The molecule has 0 saturated carbocycles. The van der Waals surface area contributed by atoms with Crippen molar-refractivity contribution in [2.75, 3.05) is 39.4 Å². The van der Waals surface area contributed by atoms with E-state index in [9.17, 15) is 9.59 Å². The SMILES string of the molecule is O=C(CC1CC2(CCN(C(=O)c3ccco3)CC2)c2ccccc21)N1CCOCC1. The van der Waals surface area contributed by atoms with Crippen molar-refractivity contribution in [1.82, 2.24) is 9.80 Å². The number of morpholine rings is 1. The van der Waals surface area contributed by atoms with Crippen molar-refractivity contribution >= 4 is 11.8 Å². The Morgan fingerprint density at radius 1 is 0.967 bits per heavy atom. The van der Waals surface area contributed by atoms with Gasteiger partial charge in [0.15, 0.2) is 5.76 Å². The Hall–Kier alpha value is -2.60. The minimum Gasteiger partial charge on any atom is -0.459 e. The maximum Gasteiger partial charge on any atom is 0.289 e. The van der Waals surface area contributed by atoms with Crippen molar-refractivity contribution in [3.05, 3.63) is 59.5 Å². The van der Waals surface area contributed by atoms with Gasteiger partial charge in [0.1, 0.15) is 0 Å². The van der Waals surface area contributed by atoms with Crippen LogP contribution in [0.3, 0.4) is 0 Å². The number of piperidine rings is 1. The number of benzene rings is 1. The van der Waals surface area contributed by atoms with Gasteiger partial charge in [-0.3, -0.25) is 9.59 Å². The zero-order valence-corrected chi connectivity index (χ0v) is 17.2. The molecule has 158 valence electrons. The Kier molecular flexibility index (Phi) is 5.11. The summed E-state index contributed by atoms with van der Waals surface area (Å²) in [5.41, 5.74) is 2.77. The van der Waals surface area contributed by atoms with Gasteiger partial charge in [-0.1, -0.05) is 24.3 Å². The van der Waals surface area contributed by atoms with Gasteiger partial charge < -0.3 is 19.0 Å². The lowest BCUT2D eigenvalue weighted by Gasteiger charge is -2.40. The van der Waals surface area contributed by atoms with Gasteiger partial charge in [-0.25, -0.2) is 0 Å². The second-order valence-electron chi connectivity index (χ2n) is 8.74. The van der Waals surface area contributed by atoms with Crippen LogP contribution in [0.4, 0.5) is 0 Å². The first-order valence-corrected chi connectivity index (χ1v) is 10.9. The number of hydrogen-bond acceptors (Lipinski definition) is 4. The molecule has 1 spiro atoms. The molecule has 2 aliphatic heterocycles. The van der Waals surface area contributed by atoms with Crippen LogP contribution in [0.15, 0.2) is 47.1 Å². The molecular weight excluding hydrogens is 380 g/mol. The third-order valence-corrected chi connectivity index (χ3v) is 7.13. The summed E-state index contributed by atoms with van der Waals surface area (Å²) in [6.07, 6.45) is 4.96. The van der Waals surface area contributed by atoms with Crippen LogP contribution in [-0.2, 0) is 14.9 Å². The molecule has 0 bridgehead atoms. The number of carbonyl (C=O) groups excluding carboxylic acids is 2. The highest BCUT2D eigenvalue weighted by Crippen LogP contribution is 2.52. The Morgan fingerprint density at radius 2 is 1.73 bits per heavy atom. The fourth-order valence-electron chi connectivity index (χ4n) is 5.53. The molecule has 1 unspecified atom stereocenters. The van der Waals surface area contributed by atoms with E-state index < -0.39 is 0 Å². The number of nitrogens with zero attached hydrogens (tertiary/aromatic N) is 2. The Balaban J connectivity index is 1.31. The molecule has 0 N–H and O–H groups in total. The molecule has 30 heavy (non-hydrogen) atoms. The summed E-state index contributed by atoms with van der Waals surface area (Å²) in [5.74, 6) is 0.872. The van der Waals surface area contributed by atoms with Gasteiger partial charge in [0.05, 0.1) is 19.5 Å². The van der Waals surface area contributed by atoms with E-state index in [1.165, 1.54) is 11.1 Å². The third kappa shape index (κ3) is 3.43. The molecule has 3 heterocycles. The topological polar surface area (TPSA) is 63.0 Å². The van der Waals surface area contributed by atoms with Gasteiger partial charge in [0.25, 0.3) is 5.91 Å². The van der Waals surface area contributed by atoms with Crippen LogP contribution in [0.1, 0.15) is 53.3 Å². The first kappa shape index (κ1) is 19.4. The quantitative estimate of drug-likeness (QED) is 0.783. The molecule has 1 atom stereocenters. The van der Waals surface area contributed by atoms with Gasteiger partial charge in [0, 0.05) is 32.6 Å². The van der Waals surface area contributed by atoms with E-state index in [0.29, 0.717) is 38.5 Å². The van der Waals surface area contributed by atoms with Gasteiger partial charge >= 0.3 is 0 Å². The van der Waals surface area contributed by atoms with Gasteiger partial charge in [-0.2, -0.15) is 0 Å². The number of ether oxygens (including phenoxy) is 1. The first-order chi connectivity index (χ1) is 14.7. The maximum absolute atomic E-state index is 12.9. The summed E-state index contributed by atoms with van der Waals surface area (Å²) in [5, 5.41) is 0. The largest absolute Gasteiger partial charge is 0.459 e. The van der Waals surface area contributed by atoms with Gasteiger partial charge in [0.2, 0.25) is 5.91 Å². The zero-order valence-electron chi connectivity index (χ0n) is 17.2. The Morgan fingerprint density at radius 3 is 2.47 bits per heavy atom. The fourth-order valence-corrected chi connectivity index (χ4v) is 5.53. The molecule has 2 fully saturated rings. The van der Waals surface area contributed by atoms with E-state index in [-0.39, 0.29) is 23.1 Å². The van der Waals surface area contributed by atoms with E-state index in [1.807, 2.05) is 9.80 Å². The lowest BCUT2D eigenvalue weighted by Crippen LogP contribution is -2.44. The number of amides is 2. The summed E-state index contributed by atoms with van der Waals surface area (Å²) in [4.78, 5) is 29.4. The molecule has 0 radical (unpaired) electrons. The minimum atomic E-state index is -0.0276. The number of furan rings is 1. The normalized spacial score (nSPS) is 22.9. The number of fused-ring (bicyclic) bond motifs is 2. The molecule has 6 heteroatoms. The smallest absolute Gasteiger partial charge is 0.289 e. The third-order valence-electron chi connectivity index (χ3n) is 7.13. The van der Waals surface area contributed by atoms with E-state index in [1.54, 1.807) is 18.4 Å². The van der Waals surface area contributed by atoms with E-state index in [2.05, 4.69) is 24.3 Å². The standard InChI is InChI=1S/C24H28N2O4/c27-22(25-11-14-29-15-12-25)16-18-17-24(20-5-2-1-4-19(18)20)7-9-26(10-8-24)23(28)21-6-3-13-30-21/h1-6,13,18H,7-12,14-17H2. The second kappa shape index (κ2) is 7.91. The van der Waals surface area contributed by atoms with Crippen molar-refractivity contribution in [3.63, 3.8) is 0 Å². The Labute approximate surface area is 176 Å². The zero-order chi connectivity index (χ0) is 20.6. The lowest BCUT2D eigenvalue weighted by atomic mass is 9.73. The Bertz CT molecular complexity index is 909. The highest BCUT2D eigenvalue weighted by Gasteiger charge is 2.46. The van der Waals surface area contributed by atoms with Crippen molar-refractivity contribution < 1.29 is 18.7 Å². The molecule has 1 aromatic carbocycles. The molecule has 3 aliphatic rings. The van der Waals surface area contributed by atoms with Crippen LogP contribution in [0.25, 0.3) is 0 Å². The van der Waals surface area contributed by atoms with Gasteiger partial charge in [-0.05, 0) is 53.9 Å². The molecule has 2 saturated heterocycles. The van der Waals surface area contributed by atoms with Crippen molar-refractivity contribution in [2.45, 2.75) is 37.0 Å². The number of rotatable bonds is 3. The average molecular weight is 408 g/mol. The van der Waals surface area contributed by atoms with E-state index >= 15 is 0 Å². The predicted molar refractivity (Wildman–Crippen MR) is 111 cm³/mol. The summed E-state index contributed by atoms with van der Waals surface area (Å²) in [6, 6.07) is 12.1. The number of hydrogen-bond donors (Lipinski definition) is 0. The monoisotopic (exact) mass is 408 g/mol. The fraction of sp³-hybridized carbons (Fsp3) is 0.500. The summed E-state index contributed by atoms with van der Waals surface area (Å²) < 4.78 is 10.7. The van der Waals surface area contributed by atoms with E-state index in [0.717, 1.165) is 32.4 Å². The van der Waals surface area contributed by atoms with Crippen LogP contribution in [0.5, 0.6) is 0 Å². The predicted octanol–water partition coefficient (Wildman–Crippen LogP) is 3.19. The first-order valence-electron chi connectivity index (χ1n) is 10.9. The molecule has 5 rings (SSSR count). The van der Waals surface area contributed by atoms with Crippen molar-refractivity contribution in [2.24, 2.45) is 0 Å². The van der Waals surface area contributed by atoms with Crippen LogP contribution >= 0.6 is 0 Å². The molecule has 1 aliphatic carbocycles. The molecule has 2 aromatic rings. The van der Waals surface area contributed by atoms with Crippen LogP contribution in [-0.4, -0.2) is 61.0 Å². The van der Waals surface area contributed by atoms with Crippen LogP contribution in [0.2, 0.25) is 0 Å². The maximum atomic E-state index is 12.9. The van der Waals surface area contributed by atoms with Crippen LogP contribution in [0, 0.1) is 0 Å². The highest BCUT2D eigenvalue weighted by molar-refractivity contribution is 5.91. The highest BCUT2D eigenvalue weighted by atomic mass is 16.5.